The average molecular weight is 406 g/mol. The number of aryl methyl sites for hydroxylation is 2. The molecule has 3 aromatic rings. The standard InChI is InChI=1S/C16H16Cl4N4/c1-21-9-23(15(19)13(21)17)7-11-5-3-4-6-12(11)8-24-10-22(2)14(18)16(24)20/h3-6,9-10H,7-8H2,1-2H3/q+2. The number of nitrogens with zero attached hydrogens (tertiary/aromatic N) is 4. The Morgan fingerprint density at radius 3 is 1.42 bits per heavy atom. The first-order chi connectivity index (χ1) is 11.4. The molecule has 0 atom stereocenters. The van der Waals surface area contributed by atoms with Gasteiger partial charge in [0.1, 0.15) is 13.1 Å². The summed E-state index contributed by atoms with van der Waals surface area (Å²) in [5.41, 5.74) is 2.27. The Balaban J connectivity index is 1.93. The van der Waals surface area contributed by atoms with E-state index in [0.717, 1.165) is 11.1 Å². The fourth-order valence-corrected chi connectivity index (χ4v) is 3.38. The van der Waals surface area contributed by atoms with E-state index in [4.69, 9.17) is 46.4 Å². The highest BCUT2D eigenvalue weighted by molar-refractivity contribution is 6.40. The molecule has 0 bridgehead atoms. The normalized spacial score (nSPS) is 11.2. The third-order valence-electron chi connectivity index (χ3n) is 3.89. The van der Waals surface area contributed by atoms with Crippen LogP contribution in [-0.2, 0) is 27.2 Å². The van der Waals surface area contributed by atoms with Gasteiger partial charge in [-0.3, -0.25) is 0 Å². The van der Waals surface area contributed by atoms with Gasteiger partial charge in [0.05, 0.1) is 14.1 Å². The van der Waals surface area contributed by atoms with Crippen LogP contribution in [0.2, 0.25) is 20.6 Å². The van der Waals surface area contributed by atoms with Gasteiger partial charge >= 0.3 is 0 Å². The van der Waals surface area contributed by atoms with Crippen LogP contribution >= 0.6 is 46.4 Å². The molecule has 0 aliphatic carbocycles. The minimum absolute atomic E-state index is 0.515. The van der Waals surface area contributed by atoms with Gasteiger partial charge in [-0.1, -0.05) is 24.3 Å². The van der Waals surface area contributed by atoms with E-state index in [-0.39, 0.29) is 0 Å². The molecule has 0 radical (unpaired) electrons. The van der Waals surface area contributed by atoms with E-state index in [9.17, 15) is 0 Å². The van der Waals surface area contributed by atoms with E-state index in [1.165, 1.54) is 0 Å². The zero-order chi connectivity index (χ0) is 17.4. The Morgan fingerprint density at radius 2 is 1.12 bits per heavy atom. The quantitative estimate of drug-likeness (QED) is 0.589. The Morgan fingerprint density at radius 1 is 0.750 bits per heavy atom. The highest BCUT2D eigenvalue weighted by Crippen LogP contribution is 2.23. The molecular weight excluding hydrogens is 390 g/mol. The Kier molecular flexibility index (Phi) is 5.11. The first-order valence-electron chi connectivity index (χ1n) is 7.24. The predicted octanol–water partition coefficient (Wildman–Crippen LogP) is 3.65. The van der Waals surface area contributed by atoms with Crippen LogP contribution in [0, 0.1) is 0 Å². The lowest BCUT2D eigenvalue weighted by molar-refractivity contribution is -0.668. The summed E-state index contributed by atoms with van der Waals surface area (Å²) in [6.07, 6.45) is 3.75. The van der Waals surface area contributed by atoms with Gasteiger partial charge in [-0.2, -0.15) is 0 Å². The molecular formula is C16H16Cl4N4+2. The second kappa shape index (κ2) is 6.96. The van der Waals surface area contributed by atoms with Gasteiger partial charge in [0, 0.05) is 11.1 Å². The molecule has 0 aliphatic heterocycles. The number of imidazole rings is 2. The third-order valence-corrected chi connectivity index (χ3v) is 5.77. The van der Waals surface area contributed by atoms with Crippen LogP contribution in [0.4, 0.5) is 0 Å². The van der Waals surface area contributed by atoms with E-state index in [1.807, 2.05) is 48.0 Å². The van der Waals surface area contributed by atoms with E-state index >= 15 is 0 Å². The van der Waals surface area contributed by atoms with E-state index < -0.39 is 0 Å². The Labute approximate surface area is 160 Å². The van der Waals surface area contributed by atoms with E-state index in [1.54, 1.807) is 9.13 Å². The summed E-state index contributed by atoms with van der Waals surface area (Å²) in [7, 11) is 3.72. The predicted molar refractivity (Wildman–Crippen MR) is 95.9 cm³/mol. The molecule has 126 valence electrons. The first kappa shape index (κ1) is 17.6. The van der Waals surface area contributed by atoms with Gasteiger partial charge in [0.2, 0.25) is 12.7 Å². The van der Waals surface area contributed by atoms with Crippen molar-refractivity contribution in [2.45, 2.75) is 13.1 Å². The van der Waals surface area contributed by atoms with E-state index in [0.29, 0.717) is 33.7 Å². The summed E-state index contributed by atoms with van der Waals surface area (Å²) in [4.78, 5) is 0. The molecule has 3 rings (SSSR count). The summed E-state index contributed by atoms with van der Waals surface area (Å²) in [5, 5.41) is 2.06. The lowest BCUT2D eigenvalue weighted by atomic mass is 10.1. The first-order valence-corrected chi connectivity index (χ1v) is 8.76. The van der Waals surface area contributed by atoms with Crippen molar-refractivity contribution < 1.29 is 9.13 Å². The largest absolute Gasteiger partial charge is 0.255 e. The van der Waals surface area contributed by atoms with Gasteiger partial charge in [-0.25, -0.2) is 18.3 Å². The van der Waals surface area contributed by atoms with Crippen LogP contribution in [-0.4, -0.2) is 9.13 Å². The molecule has 0 amide bonds. The fourth-order valence-electron chi connectivity index (χ4n) is 2.60. The summed E-state index contributed by atoms with van der Waals surface area (Å²) in [5.74, 6) is 0. The van der Waals surface area contributed by atoms with Crippen molar-refractivity contribution in [3.8, 4) is 0 Å². The summed E-state index contributed by atoms with van der Waals surface area (Å²) >= 11 is 24.9. The number of hydrogen-bond acceptors (Lipinski definition) is 0. The second-order valence-corrected chi connectivity index (χ2v) is 7.07. The van der Waals surface area contributed by atoms with Crippen LogP contribution in [0.15, 0.2) is 36.9 Å². The van der Waals surface area contributed by atoms with Crippen molar-refractivity contribution in [2.75, 3.05) is 0 Å². The maximum absolute atomic E-state index is 6.29. The van der Waals surface area contributed by atoms with Crippen LogP contribution in [0.3, 0.4) is 0 Å². The SMILES string of the molecule is C[n+]1cn(Cc2ccccc2Cn2c[n+](C)c(Cl)c2Cl)c(Cl)c1Cl. The molecule has 2 heterocycles. The van der Waals surface area contributed by atoms with Crippen LogP contribution in [0.25, 0.3) is 0 Å². The van der Waals surface area contributed by atoms with Crippen LogP contribution in [0.5, 0.6) is 0 Å². The van der Waals surface area contributed by atoms with Crippen molar-refractivity contribution in [1.29, 1.82) is 0 Å². The van der Waals surface area contributed by atoms with Gasteiger partial charge < -0.3 is 0 Å². The third kappa shape index (κ3) is 3.29. The number of benzene rings is 1. The van der Waals surface area contributed by atoms with Crippen molar-refractivity contribution >= 4 is 46.4 Å². The molecule has 1 aromatic carbocycles. The molecule has 0 fully saturated rings. The zero-order valence-electron chi connectivity index (χ0n) is 13.2. The minimum Gasteiger partial charge on any atom is -0.222 e. The van der Waals surface area contributed by atoms with Gasteiger partial charge in [0.15, 0.2) is 0 Å². The molecule has 0 saturated heterocycles. The minimum atomic E-state index is 0.515. The Hall–Kier alpha value is -1.20. The summed E-state index contributed by atoms with van der Waals surface area (Å²) in [6, 6.07) is 8.14. The molecule has 0 saturated carbocycles. The zero-order valence-corrected chi connectivity index (χ0v) is 16.2. The van der Waals surface area contributed by atoms with E-state index in [2.05, 4.69) is 12.1 Å². The molecule has 8 heteroatoms. The fraction of sp³-hybridized carbons (Fsp3) is 0.250. The molecule has 2 aromatic heterocycles. The smallest absolute Gasteiger partial charge is 0.222 e. The average Bonchev–Trinajstić information content (AvgIpc) is 2.94. The second-order valence-electron chi connectivity index (χ2n) is 5.64. The van der Waals surface area contributed by atoms with Crippen LogP contribution < -0.4 is 9.13 Å². The molecule has 0 spiro atoms. The van der Waals surface area contributed by atoms with Crippen molar-refractivity contribution in [3.63, 3.8) is 0 Å². The van der Waals surface area contributed by atoms with Gasteiger partial charge in [0.25, 0.3) is 20.6 Å². The molecule has 0 unspecified atom stereocenters. The number of rotatable bonds is 4. The van der Waals surface area contributed by atoms with Crippen molar-refractivity contribution in [2.24, 2.45) is 14.1 Å². The highest BCUT2D eigenvalue weighted by Gasteiger charge is 2.21. The molecule has 4 nitrogen and oxygen atoms in total. The lowest BCUT2D eigenvalue weighted by Crippen LogP contribution is -2.26. The molecule has 0 aliphatic rings. The van der Waals surface area contributed by atoms with Gasteiger partial charge in [-0.15, -0.1) is 0 Å². The summed E-state index contributed by atoms with van der Waals surface area (Å²) in [6.45, 7) is 1.24. The maximum Gasteiger partial charge on any atom is 0.255 e. The Bertz CT molecular complexity index is 825. The van der Waals surface area contributed by atoms with Crippen molar-refractivity contribution in [3.05, 3.63) is 68.7 Å². The summed E-state index contributed by atoms with van der Waals surface area (Å²) < 4.78 is 7.39. The maximum atomic E-state index is 6.29. The topological polar surface area (TPSA) is 17.6 Å². The monoisotopic (exact) mass is 404 g/mol. The highest BCUT2D eigenvalue weighted by atomic mass is 35.5. The molecule has 24 heavy (non-hydrogen) atoms. The number of hydrogen-bond donors (Lipinski definition) is 0. The lowest BCUT2D eigenvalue weighted by Gasteiger charge is -2.06. The van der Waals surface area contributed by atoms with Crippen molar-refractivity contribution in [1.82, 2.24) is 9.13 Å². The number of halogens is 4. The molecule has 0 N–H and O–H groups in total. The van der Waals surface area contributed by atoms with Crippen LogP contribution in [0.1, 0.15) is 11.1 Å². The number of aromatic nitrogens is 4. The van der Waals surface area contributed by atoms with Gasteiger partial charge in [-0.05, 0) is 46.4 Å².